The molecule has 2 bridgehead atoms. The van der Waals surface area contributed by atoms with Crippen LogP contribution in [0.2, 0.25) is 0 Å². The Labute approximate surface area is 322 Å². The molecule has 1 N–H and O–H groups in total. The average Bonchev–Trinajstić information content (AvgIpc) is 3.62. The fraction of sp³-hybridized carbons (Fsp3) is 0.439. The van der Waals surface area contributed by atoms with Crippen molar-refractivity contribution in [2.75, 3.05) is 27.4 Å². The van der Waals surface area contributed by atoms with Crippen molar-refractivity contribution in [1.29, 1.82) is 5.26 Å². The highest BCUT2D eigenvalue weighted by Gasteiger charge is 2.68. The van der Waals surface area contributed by atoms with Gasteiger partial charge in [-0.2, -0.15) is 5.26 Å². The maximum Gasteiger partial charge on any atom is 0.330 e. The minimum absolute atomic E-state index is 0.0206. The van der Waals surface area contributed by atoms with Crippen molar-refractivity contribution in [3.63, 3.8) is 0 Å². The van der Waals surface area contributed by atoms with E-state index in [9.17, 15) is 14.9 Å². The third-order valence-corrected chi connectivity index (χ3v) is 12.2. The molecule has 0 spiro atoms. The van der Waals surface area contributed by atoms with E-state index in [1.54, 1.807) is 14.2 Å². The molecule has 0 amide bonds. The summed E-state index contributed by atoms with van der Waals surface area (Å²) in [7, 11) is 1.47. The summed E-state index contributed by atoms with van der Waals surface area (Å²) < 4.78 is 49.0. The molecular formula is C41H49N4O9P. The lowest BCUT2D eigenvalue weighted by molar-refractivity contribution is -0.231. The molecule has 4 aromatic rings. The van der Waals surface area contributed by atoms with Crippen LogP contribution in [0.5, 0.6) is 11.5 Å². The first-order valence-corrected chi connectivity index (χ1v) is 19.5. The maximum absolute atomic E-state index is 13.3. The monoisotopic (exact) mass is 772 g/mol. The van der Waals surface area contributed by atoms with Crippen LogP contribution in [0.25, 0.3) is 0 Å². The number of H-pyrrole nitrogens is 1. The summed E-state index contributed by atoms with van der Waals surface area (Å²) in [6.07, 6.45) is -1.61. The lowest BCUT2D eigenvalue weighted by Gasteiger charge is -2.43. The number of rotatable bonds is 17. The summed E-state index contributed by atoms with van der Waals surface area (Å²) in [5.41, 5.74) is -1.20. The number of nitrogens with zero attached hydrogens (tertiary/aromatic N) is 3. The Bertz CT molecular complexity index is 1980. The Balaban J connectivity index is 1.51. The predicted molar refractivity (Wildman–Crippen MR) is 207 cm³/mol. The van der Waals surface area contributed by atoms with Crippen LogP contribution in [0.15, 0.2) is 101 Å². The van der Waals surface area contributed by atoms with Crippen molar-refractivity contribution in [3.8, 4) is 17.6 Å². The fourth-order valence-corrected chi connectivity index (χ4v) is 9.31. The van der Waals surface area contributed by atoms with Crippen LogP contribution >= 0.6 is 8.53 Å². The van der Waals surface area contributed by atoms with Gasteiger partial charge in [0.05, 0.1) is 46.0 Å². The van der Waals surface area contributed by atoms with Gasteiger partial charge in [-0.3, -0.25) is 14.3 Å². The Hall–Kier alpha value is -4.38. The van der Waals surface area contributed by atoms with E-state index >= 15 is 0 Å². The SMILES string of the molecule is COc1ccc(C(OC[C@]23O[C@@H](n4ccc(=O)[nH]c4=O)[C@H](O[C@@H]2C)[C@@H]3OP(OCCC#N)N(C(C)C)C(C)C)(c2ccccc2)c2ccc(OC)cc2)cc1. The molecule has 2 fully saturated rings. The minimum Gasteiger partial charge on any atom is -0.497 e. The van der Waals surface area contributed by atoms with Crippen molar-refractivity contribution in [2.45, 2.75) is 88.9 Å². The molecule has 3 heterocycles. The molecule has 6 atom stereocenters. The van der Waals surface area contributed by atoms with Crippen molar-refractivity contribution >= 4 is 8.53 Å². The lowest BCUT2D eigenvalue weighted by Crippen LogP contribution is -2.53. The Morgan fingerprint density at radius 2 is 1.49 bits per heavy atom. The number of nitriles is 1. The molecule has 2 aliphatic heterocycles. The van der Waals surface area contributed by atoms with E-state index in [-0.39, 0.29) is 31.7 Å². The first-order valence-electron chi connectivity index (χ1n) is 18.4. The minimum atomic E-state index is -1.78. The zero-order chi connectivity index (χ0) is 39.3. The van der Waals surface area contributed by atoms with Crippen molar-refractivity contribution in [3.05, 3.63) is 129 Å². The van der Waals surface area contributed by atoms with E-state index in [0.29, 0.717) is 11.5 Å². The Kier molecular flexibility index (Phi) is 12.6. The maximum atomic E-state index is 13.3. The van der Waals surface area contributed by atoms with Gasteiger partial charge in [0, 0.05) is 24.3 Å². The first kappa shape index (κ1) is 40.3. The lowest BCUT2D eigenvalue weighted by atomic mass is 9.79. The third kappa shape index (κ3) is 7.86. The van der Waals surface area contributed by atoms with E-state index in [1.807, 2.05) is 85.8 Å². The van der Waals surface area contributed by atoms with Crippen molar-refractivity contribution in [2.24, 2.45) is 0 Å². The molecule has 0 aliphatic carbocycles. The van der Waals surface area contributed by atoms with Crippen LogP contribution in [-0.4, -0.2) is 77.7 Å². The zero-order valence-corrected chi connectivity index (χ0v) is 33.1. The van der Waals surface area contributed by atoms with E-state index in [2.05, 4.69) is 43.4 Å². The largest absolute Gasteiger partial charge is 0.497 e. The number of hydrogen-bond donors (Lipinski definition) is 1. The second kappa shape index (κ2) is 17.2. The van der Waals surface area contributed by atoms with Gasteiger partial charge in [-0.15, -0.1) is 0 Å². The van der Waals surface area contributed by atoms with E-state index in [0.717, 1.165) is 16.7 Å². The highest BCUT2D eigenvalue weighted by Crippen LogP contribution is 2.58. The smallest absolute Gasteiger partial charge is 0.330 e. The Morgan fingerprint density at radius 3 is 2.02 bits per heavy atom. The third-order valence-electron chi connectivity index (χ3n) is 10.1. The van der Waals surface area contributed by atoms with E-state index in [1.165, 1.54) is 16.8 Å². The normalized spacial score (nSPS) is 22.6. The van der Waals surface area contributed by atoms with E-state index in [4.69, 9.17) is 32.7 Å². The van der Waals surface area contributed by atoms with Crippen LogP contribution < -0.4 is 20.7 Å². The quantitative estimate of drug-likeness (QED) is 0.0735. The van der Waals surface area contributed by atoms with Crippen LogP contribution in [0.1, 0.15) is 64.0 Å². The molecule has 2 saturated heterocycles. The molecule has 14 heteroatoms. The van der Waals surface area contributed by atoms with Gasteiger partial charge in [0.15, 0.2) is 6.23 Å². The molecule has 13 nitrogen and oxygen atoms in total. The number of aromatic amines is 1. The van der Waals surface area contributed by atoms with Crippen LogP contribution in [-0.2, 0) is 28.9 Å². The van der Waals surface area contributed by atoms with Crippen LogP contribution in [0.3, 0.4) is 0 Å². The molecule has 0 radical (unpaired) electrons. The second-order valence-corrected chi connectivity index (χ2v) is 15.5. The number of aromatic nitrogens is 2. The molecule has 55 heavy (non-hydrogen) atoms. The first-order chi connectivity index (χ1) is 26.5. The number of benzene rings is 3. The predicted octanol–water partition coefficient (Wildman–Crippen LogP) is 6.28. The summed E-state index contributed by atoms with van der Waals surface area (Å²) >= 11 is 0. The average molecular weight is 773 g/mol. The summed E-state index contributed by atoms with van der Waals surface area (Å²) in [4.78, 5) is 27.7. The summed E-state index contributed by atoms with van der Waals surface area (Å²) in [5, 5.41) is 9.38. The van der Waals surface area contributed by atoms with Crippen LogP contribution in [0.4, 0.5) is 0 Å². The van der Waals surface area contributed by atoms with Gasteiger partial charge >= 0.3 is 5.69 Å². The second-order valence-electron chi connectivity index (χ2n) is 14.1. The molecule has 0 saturated carbocycles. The van der Waals surface area contributed by atoms with Crippen molar-refractivity contribution < 1.29 is 32.7 Å². The summed E-state index contributed by atoms with van der Waals surface area (Å²) in [6, 6.07) is 28.8. The molecule has 1 aromatic heterocycles. The number of ether oxygens (including phenoxy) is 5. The molecule has 3 aromatic carbocycles. The van der Waals surface area contributed by atoms with Gasteiger partial charge in [-0.1, -0.05) is 54.6 Å². The van der Waals surface area contributed by atoms with Gasteiger partial charge in [-0.05, 0) is 75.6 Å². The number of hydrogen-bond acceptors (Lipinski definition) is 11. The molecule has 6 rings (SSSR count). The van der Waals surface area contributed by atoms with Crippen LogP contribution in [0, 0.1) is 11.3 Å². The molecule has 292 valence electrons. The molecular weight excluding hydrogens is 723 g/mol. The van der Waals surface area contributed by atoms with Gasteiger partial charge in [0.1, 0.15) is 34.9 Å². The Morgan fingerprint density at radius 1 is 0.909 bits per heavy atom. The topological polar surface area (TPSA) is 147 Å². The van der Waals surface area contributed by atoms with Gasteiger partial charge in [0.2, 0.25) is 0 Å². The van der Waals surface area contributed by atoms with Crippen molar-refractivity contribution in [1.82, 2.24) is 14.2 Å². The summed E-state index contributed by atoms with van der Waals surface area (Å²) in [6.45, 7) is 10.2. The number of fused-ring (bicyclic) bond motifs is 2. The summed E-state index contributed by atoms with van der Waals surface area (Å²) in [5.74, 6) is 1.37. The fourth-order valence-electron chi connectivity index (χ4n) is 7.52. The standard InChI is InChI=1S/C41H49N4O9P/c1-27(2)45(28(3)4)55(51-25-11-23-42)54-37-36-38(44-24-22-35(46)43-39(44)47)53-40(37,29(5)52-36)26-50-41(30-12-9-8-10-13-30,31-14-18-33(48-6)19-15-31)32-16-20-34(49-7)21-17-32/h8-10,12-22,24,27-29,36-38H,11,25-26H2,1-7H3,(H,43,46,47)/t29-,36-,37+,38-,40+,55?/m1/s1. The number of methoxy groups -OCH3 is 2. The van der Waals surface area contributed by atoms with Gasteiger partial charge in [0.25, 0.3) is 14.1 Å². The molecule has 2 aliphatic rings. The highest BCUT2D eigenvalue weighted by atomic mass is 31.2. The van der Waals surface area contributed by atoms with Gasteiger partial charge < -0.3 is 32.7 Å². The van der Waals surface area contributed by atoms with E-state index < -0.39 is 55.5 Å². The zero-order valence-electron chi connectivity index (χ0n) is 32.2. The highest BCUT2D eigenvalue weighted by molar-refractivity contribution is 7.44. The van der Waals surface area contributed by atoms with Gasteiger partial charge in [-0.25, -0.2) is 9.46 Å². The number of nitrogens with one attached hydrogen (secondary N) is 1. The molecule has 1 unspecified atom stereocenters.